The summed E-state index contributed by atoms with van der Waals surface area (Å²) >= 11 is 0. The molecule has 166 valence electrons. The summed E-state index contributed by atoms with van der Waals surface area (Å²) in [5, 5.41) is 1.25. The number of benzene rings is 2. The molecule has 0 saturated heterocycles. The number of fused-ring (bicyclic) bond motifs is 3. The molecule has 5 rings (SSSR count). The number of pyridine rings is 1. The average molecular weight is 454 g/mol. The molecule has 32 heavy (non-hydrogen) atoms. The SMILES string of the molecule is COc1ccc(-c2ccn(-c3ccc4c5c(n(C)c4c3)CN(C)CC5)c(=O)c2)c(F)c1.Cl. The quantitative estimate of drug-likeness (QED) is 0.456. The van der Waals surface area contributed by atoms with Crippen molar-refractivity contribution in [3.8, 4) is 22.6 Å². The molecule has 0 bridgehead atoms. The van der Waals surface area contributed by atoms with E-state index in [1.807, 2.05) is 6.07 Å². The van der Waals surface area contributed by atoms with Crippen molar-refractivity contribution in [1.29, 1.82) is 0 Å². The summed E-state index contributed by atoms with van der Waals surface area (Å²) in [6.45, 7) is 1.98. The second kappa shape index (κ2) is 8.45. The summed E-state index contributed by atoms with van der Waals surface area (Å²) in [5.41, 5.74) is 5.37. The molecule has 0 spiro atoms. The van der Waals surface area contributed by atoms with Crippen LogP contribution in [0.3, 0.4) is 0 Å². The van der Waals surface area contributed by atoms with Gasteiger partial charge in [-0.05, 0) is 54.9 Å². The number of aryl methyl sites for hydroxylation is 1. The smallest absolute Gasteiger partial charge is 0.255 e. The first-order valence-electron chi connectivity index (χ1n) is 10.3. The first-order chi connectivity index (χ1) is 15.0. The van der Waals surface area contributed by atoms with Gasteiger partial charge in [0.15, 0.2) is 0 Å². The van der Waals surface area contributed by atoms with Crippen LogP contribution in [0.1, 0.15) is 11.3 Å². The van der Waals surface area contributed by atoms with Crippen LogP contribution < -0.4 is 10.3 Å². The fraction of sp³-hybridized carbons (Fsp3) is 0.240. The van der Waals surface area contributed by atoms with Gasteiger partial charge in [0, 0.05) is 55.1 Å². The Hall–Kier alpha value is -3.09. The van der Waals surface area contributed by atoms with Crippen LogP contribution in [0.5, 0.6) is 5.75 Å². The van der Waals surface area contributed by atoms with Crippen LogP contribution in [0.4, 0.5) is 4.39 Å². The van der Waals surface area contributed by atoms with Crippen LogP contribution in [0.15, 0.2) is 59.5 Å². The zero-order valence-electron chi connectivity index (χ0n) is 18.3. The Labute approximate surface area is 192 Å². The van der Waals surface area contributed by atoms with E-state index in [4.69, 9.17) is 4.74 Å². The number of methoxy groups -OCH3 is 1. The van der Waals surface area contributed by atoms with Gasteiger partial charge in [-0.1, -0.05) is 6.07 Å². The van der Waals surface area contributed by atoms with E-state index in [0.29, 0.717) is 16.9 Å². The maximum absolute atomic E-state index is 14.4. The van der Waals surface area contributed by atoms with Gasteiger partial charge in [0.25, 0.3) is 5.56 Å². The molecule has 0 amide bonds. The number of aromatic nitrogens is 2. The Balaban J connectivity index is 0.00000245. The summed E-state index contributed by atoms with van der Waals surface area (Å²) < 4.78 is 23.3. The number of hydrogen-bond donors (Lipinski definition) is 0. The van der Waals surface area contributed by atoms with E-state index >= 15 is 0 Å². The van der Waals surface area contributed by atoms with Gasteiger partial charge in [-0.25, -0.2) is 4.39 Å². The van der Waals surface area contributed by atoms with Gasteiger partial charge in [0.05, 0.1) is 18.3 Å². The third-order valence-corrected chi connectivity index (χ3v) is 6.27. The minimum absolute atomic E-state index is 0. The zero-order valence-corrected chi connectivity index (χ0v) is 19.1. The van der Waals surface area contributed by atoms with Gasteiger partial charge in [-0.15, -0.1) is 12.4 Å². The topological polar surface area (TPSA) is 39.4 Å². The molecule has 2 aromatic carbocycles. The predicted octanol–water partition coefficient (Wildman–Crippen LogP) is 4.55. The van der Waals surface area contributed by atoms with Crippen molar-refractivity contribution in [3.63, 3.8) is 0 Å². The van der Waals surface area contributed by atoms with Crippen LogP contribution in [-0.2, 0) is 20.0 Å². The van der Waals surface area contributed by atoms with Crippen molar-refractivity contribution in [3.05, 3.63) is 82.2 Å². The predicted molar refractivity (Wildman–Crippen MR) is 128 cm³/mol. The molecular formula is C25H25ClFN3O2. The number of halogens is 2. The van der Waals surface area contributed by atoms with Crippen molar-refractivity contribution in [2.75, 3.05) is 20.7 Å². The highest BCUT2D eigenvalue weighted by atomic mass is 35.5. The Morgan fingerprint density at radius 3 is 2.56 bits per heavy atom. The maximum atomic E-state index is 14.4. The molecule has 0 saturated carbocycles. The molecule has 5 nitrogen and oxygen atoms in total. The zero-order chi connectivity index (χ0) is 21.7. The number of rotatable bonds is 3. The van der Waals surface area contributed by atoms with Crippen molar-refractivity contribution in [2.24, 2.45) is 7.05 Å². The van der Waals surface area contributed by atoms with Crippen molar-refractivity contribution < 1.29 is 9.13 Å². The van der Waals surface area contributed by atoms with Gasteiger partial charge < -0.3 is 14.2 Å². The van der Waals surface area contributed by atoms with Gasteiger partial charge in [0.2, 0.25) is 0 Å². The van der Waals surface area contributed by atoms with E-state index in [-0.39, 0.29) is 18.0 Å². The monoisotopic (exact) mass is 453 g/mol. The molecule has 0 fully saturated rings. The van der Waals surface area contributed by atoms with Crippen LogP contribution >= 0.6 is 12.4 Å². The second-order valence-corrected chi connectivity index (χ2v) is 8.14. The lowest BCUT2D eigenvalue weighted by Gasteiger charge is -2.23. The lowest BCUT2D eigenvalue weighted by atomic mass is 10.0. The molecule has 1 aliphatic heterocycles. The van der Waals surface area contributed by atoms with Gasteiger partial charge >= 0.3 is 0 Å². The summed E-state index contributed by atoms with van der Waals surface area (Å²) in [6, 6.07) is 14.0. The lowest BCUT2D eigenvalue weighted by molar-refractivity contribution is 0.305. The summed E-state index contributed by atoms with van der Waals surface area (Å²) in [7, 11) is 5.72. The van der Waals surface area contributed by atoms with E-state index in [2.05, 4.69) is 35.7 Å². The Bertz CT molecular complexity index is 1380. The molecule has 0 unspecified atom stereocenters. The molecule has 4 aromatic rings. The van der Waals surface area contributed by atoms with Crippen LogP contribution in [-0.4, -0.2) is 34.7 Å². The largest absolute Gasteiger partial charge is 0.497 e. The van der Waals surface area contributed by atoms with E-state index in [1.165, 1.54) is 35.9 Å². The molecule has 3 heterocycles. The van der Waals surface area contributed by atoms with E-state index in [1.54, 1.807) is 29.0 Å². The highest BCUT2D eigenvalue weighted by molar-refractivity contribution is 5.87. The average Bonchev–Trinajstić information content (AvgIpc) is 3.04. The normalized spacial score (nSPS) is 13.6. The third kappa shape index (κ3) is 3.59. The highest BCUT2D eigenvalue weighted by Gasteiger charge is 2.21. The maximum Gasteiger partial charge on any atom is 0.255 e. The summed E-state index contributed by atoms with van der Waals surface area (Å²) in [6.07, 6.45) is 2.74. The summed E-state index contributed by atoms with van der Waals surface area (Å²) in [5.74, 6) is 0.0247. The fourth-order valence-electron chi connectivity index (χ4n) is 4.54. The van der Waals surface area contributed by atoms with E-state index < -0.39 is 5.82 Å². The molecule has 2 aromatic heterocycles. The minimum atomic E-state index is -0.419. The van der Waals surface area contributed by atoms with Crippen LogP contribution in [0.25, 0.3) is 27.7 Å². The molecule has 0 N–H and O–H groups in total. The molecular weight excluding hydrogens is 429 g/mol. The first-order valence-corrected chi connectivity index (χ1v) is 10.3. The van der Waals surface area contributed by atoms with Gasteiger partial charge in [-0.3, -0.25) is 9.36 Å². The first kappa shape index (κ1) is 22.1. The second-order valence-electron chi connectivity index (χ2n) is 8.14. The lowest BCUT2D eigenvalue weighted by Crippen LogP contribution is -2.27. The molecule has 0 atom stereocenters. The Kier molecular flexibility index (Phi) is 5.84. The minimum Gasteiger partial charge on any atom is -0.497 e. The Morgan fingerprint density at radius 2 is 1.84 bits per heavy atom. The standard InChI is InChI=1S/C25H24FN3O2.ClH/c1-27-10-9-21-20-6-4-17(13-23(20)28(2)24(21)15-27)29-11-8-16(12-25(29)30)19-7-5-18(31-3)14-22(19)26;/h4-8,11-14H,9-10,15H2,1-3H3;1H. The molecule has 1 aliphatic rings. The fourth-order valence-corrected chi connectivity index (χ4v) is 4.54. The number of ether oxygens (including phenoxy) is 1. The van der Waals surface area contributed by atoms with E-state index in [0.717, 1.165) is 30.7 Å². The van der Waals surface area contributed by atoms with Crippen LogP contribution in [0.2, 0.25) is 0 Å². The molecule has 7 heteroatoms. The van der Waals surface area contributed by atoms with Crippen molar-refractivity contribution in [2.45, 2.75) is 13.0 Å². The highest BCUT2D eigenvalue weighted by Crippen LogP contribution is 2.31. The third-order valence-electron chi connectivity index (χ3n) is 6.27. The van der Waals surface area contributed by atoms with Gasteiger partial charge in [0.1, 0.15) is 11.6 Å². The van der Waals surface area contributed by atoms with Crippen LogP contribution in [0, 0.1) is 5.82 Å². The van der Waals surface area contributed by atoms with Crippen molar-refractivity contribution >= 4 is 23.3 Å². The Morgan fingerprint density at radius 1 is 1.03 bits per heavy atom. The van der Waals surface area contributed by atoms with Gasteiger partial charge in [-0.2, -0.15) is 0 Å². The van der Waals surface area contributed by atoms with E-state index in [9.17, 15) is 9.18 Å². The molecule has 0 radical (unpaired) electrons. The van der Waals surface area contributed by atoms with Crippen molar-refractivity contribution in [1.82, 2.24) is 14.0 Å². The molecule has 0 aliphatic carbocycles. The number of nitrogens with zero attached hydrogens (tertiary/aromatic N) is 3. The summed E-state index contributed by atoms with van der Waals surface area (Å²) in [4.78, 5) is 15.2. The number of hydrogen-bond acceptors (Lipinski definition) is 3. The number of likely N-dealkylation sites (N-methyl/N-ethyl adjacent to an activating group) is 1.